The van der Waals surface area contributed by atoms with Gasteiger partial charge in [-0.15, -0.1) is 0 Å². The number of piperidine rings is 1. The predicted octanol–water partition coefficient (Wildman–Crippen LogP) is 2.06. The van der Waals surface area contributed by atoms with Crippen molar-refractivity contribution in [2.75, 3.05) is 18.4 Å². The molecule has 0 aromatic carbocycles. The molecular formula is C12H16ClN3O. The first kappa shape index (κ1) is 12.3. The third-order valence-corrected chi connectivity index (χ3v) is 3.34. The summed E-state index contributed by atoms with van der Waals surface area (Å²) in [6.07, 6.45) is 3.45. The Bertz CT molecular complexity index is 399. The molecule has 1 aliphatic rings. The van der Waals surface area contributed by atoms with E-state index in [1.807, 2.05) is 6.92 Å². The monoisotopic (exact) mass is 253 g/mol. The van der Waals surface area contributed by atoms with Gasteiger partial charge in [0, 0.05) is 12.7 Å². The van der Waals surface area contributed by atoms with Gasteiger partial charge in [-0.05, 0) is 38.4 Å². The van der Waals surface area contributed by atoms with Crippen LogP contribution in [0, 0.1) is 5.41 Å². The molecule has 0 spiro atoms. The molecule has 0 radical (unpaired) electrons. The zero-order valence-electron chi connectivity index (χ0n) is 9.79. The van der Waals surface area contributed by atoms with Crippen molar-refractivity contribution in [3.63, 3.8) is 0 Å². The lowest BCUT2D eigenvalue weighted by Gasteiger charge is -2.32. The summed E-state index contributed by atoms with van der Waals surface area (Å²) < 4.78 is 0. The van der Waals surface area contributed by atoms with E-state index in [4.69, 9.17) is 11.6 Å². The molecule has 1 unspecified atom stereocenters. The average Bonchev–Trinajstić information content (AvgIpc) is 2.33. The van der Waals surface area contributed by atoms with Crippen molar-refractivity contribution in [2.45, 2.75) is 19.8 Å². The van der Waals surface area contributed by atoms with Crippen LogP contribution < -0.4 is 10.6 Å². The minimum Gasteiger partial charge on any atom is -0.316 e. The molecule has 0 saturated carbocycles. The van der Waals surface area contributed by atoms with Crippen molar-refractivity contribution in [1.29, 1.82) is 0 Å². The van der Waals surface area contributed by atoms with E-state index in [9.17, 15) is 4.79 Å². The number of hydrogen-bond acceptors (Lipinski definition) is 3. The summed E-state index contributed by atoms with van der Waals surface area (Å²) in [6.45, 7) is 3.68. The molecule has 1 saturated heterocycles. The quantitative estimate of drug-likeness (QED) is 0.848. The van der Waals surface area contributed by atoms with Crippen molar-refractivity contribution in [3.05, 3.63) is 23.4 Å². The summed E-state index contributed by atoms with van der Waals surface area (Å²) >= 11 is 5.74. The highest BCUT2D eigenvalue weighted by molar-refractivity contribution is 6.30. The highest BCUT2D eigenvalue weighted by atomic mass is 35.5. The Morgan fingerprint density at radius 2 is 2.41 bits per heavy atom. The van der Waals surface area contributed by atoms with Crippen LogP contribution in [0.4, 0.5) is 5.82 Å². The summed E-state index contributed by atoms with van der Waals surface area (Å²) in [7, 11) is 0. The Morgan fingerprint density at radius 1 is 1.59 bits per heavy atom. The van der Waals surface area contributed by atoms with E-state index >= 15 is 0 Å². The molecule has 0 bridgehead atoms. The van der Waals surface area contributed by atoms with Gasteiger partial charge in [0.15, 0.2) is 0 Å². The van der Waals surface area contributed by atoms with Gasteiger partial charge in [-0.2, -0.15) is 0 Å². The van der Waals surface area contributed by atoms with Crippen LogP contribution in [0.15, 0.2) is 18.3 Å². The largest absolute Gasteiger partial charge is 0.316 e. The van der Waals surface area contributed by atoms with Gasteiger partial charge in [-0.3, -0.25) is 4.79 Å². The van der Waals surface area contributed by atoms with Crippen LogP contribution >= 0.6 is 11.6 Å². The van der Waals surface area contributed by atoms with Crippen molar-refractivity contribution < 1.29 is 4.79 Å². The Labute approximate surface area is 106 Å². The third kappa shape index (κ3) is 2.96. The molecule has 4 nitrogen and oxygen atoms in total. The molecule has 1 amide bonds. The number of aromatic nitrogens is 1. The summed E-state index contributed by atoms with van der Waals surface area (Å²) in [5, 5.41) is 6.64. The van der Waals surface area contributed by atoms with Crippen molar-refractivity contribution in [2.24, 2.45) is 5.41 Å². The van der Waals surface area contributed by atoms with Crippen LogP contribution in [0.3, 0.4) is 0 Å². The molecule has 5 heteroatoms. The maximum Gasteiger partial charge on any atom is 0.232 e. The number of nitrogens with one attached hydrogen (secondary N) is 2. The highest BCUT2D eigenvalue weighted by Crippen LogP contribution is 2.26. The maximum atomic E-state index is 12.2. The molecule has 1 aromatic heterocycles. The van der Waals surface area contributed by atoms with E-state index in [1.165, 1.54) is 6.20 Å². The number of pyridine rings is 1. The molecular weight excluding hydrogens is 238 g/mol. The molecule has 1 aliphatic heterocycles. The number of halogens is 1. The average molecular weight is 254 g/mol. The fourth-order valence-electron chi connectivity index (χ4n) is 1.97. The van der Waals surface area contributed by atoms with Crippen molar-refractivity contribution in [3.8, 4) is 0 Å². The van der Waals surface area contributed by atoms with E-state index in [1.54, 1.807) is 12.1 Å². The van der Waals surface area contributed by atoms with E-state index in [0.29, 0.717) is 17.4 Å². The van der Waals surface area contributed by atoms with Crippen LogP contribution in [0.2, 0.25) is 5.02 Å². The van der Waals surface area contributed by atoms with E-state index in [0.717, 1.165) is 19.4 Å². The lowest BCUT2D eigenvalue weighted by atomic mass is 9.82. The second-order valence-corrected chi connectivity index (χ2v) is 5.09. The lowest BCUT2D eigenvalue weighted by Crippen LogP contribution is -2.46. The second-order valence-electron chi connectivity index (χ2n) is 4.66. The summed E-state index contributed by atoms with van der Waals surface area (Å²) in [5.41, 5.74) is -0.348. The second kappa shape index (κ2) is 5.02. The zero-order chi connectivity index (χ0) is 12.3. The van der Waals surface area contributed by atoms with Gasteiger partial charge >= 0.3 is 0 Å². The predicted molar refractivity (Wildman–Crippen MR) is 68.1 cm³/mol. The van der Waals surface area contributed by atoms with E-state index in [-0.39, 0.29) is 11.3 Å². The van der Waals surface area contributed by atoms with Gasteiger partial charge in [0.25, 0.3) is 0 Å². The smallest absolute Gasteiger partial charge is 0.232 e. The molecule has 17 heavy (non-hydrogen) atoms. The maximum absolute atomic E-state index is 12.2. The van der Waals surface area contributed by atoms with E-state index < -0.39 is 0 Å². The van der Waals surface area contributed by atoms with Gasteiger partial charge in [-0.25, -0.2) is 4.98 Å². The number of carbonyl (C=O) groups is 1. The molecule has 2 N–H and O–H groups in total. The lowest BCUT2D eigenvalue weighted by molar-refractivity contribution is -0.125. The Morgan fingerprint density at radius 3 is 3.00 bits per heavy atom. The fourth-order valence-corrected chi connectivity index (χ4v) is 2.08. The van der Waals surface area contributed by atoms with Gasteiger partial charge in [0.2, 0.25) is 5.91 Å². The topological polar surface area (TPSA) is 54.0 Å². The van der Waals surface area contributed by atoms with Crippen molar-refractivity contribution in [1.82, 2.24) is 10.3 Å². The zero-order valence-corrected chi connectivity index (χ0v) is 10.5. The minimum atomic E-state index is -0.348. The number of nitrogens with zero attached hydrogens (tertiary/aromatic N) is 1. The standard InChI is InChI=1S/C12H16ClN3O/c1-12(5-2-6-14-8-12)11(17)16-10-4-3-9(13)7-15-10/h3-4,7,14H,2,5-6,8H2,1H3,(H,15,16,17). The number of hydrogen-bond donors (Lipinski definition) is 2. The third-order valence-electron chi connectivity index (χ3n) is 3.11. The van der Waals surface area contributed by atoms with E-state index in [2.05, 4.69) is 15.6 Å². The first-order valence-electron chi connectivity index (χ1n) is 5.74. The van der Waals surface area contributed by atoms with Crippen LogP contribution in [0.25, 0.3) is 0 Å². The summed E-state index contributed by atoms with van der Waals surface area (Å²) in [6, 6.07) is 3.42. The Hall–Kier alpha value is -1.13. The van der Waals surface area contributed by atoms with Crippen LogP contribution in [0.1, 0.15) is 19.8 Å². The minimum absolute atomic E-state index is 0.0134. The molecule has 0 aliphatic carbocycles. The first-order valence-corrected chi connectivity index (χ1v) is 6.12. The van der Waals surface area contributed by atoms with Gasteiger partial charge in [0.1, 0.15) is 5.82 Å². The van der Waals surface area contributed by atoms with Gasteiger partial charge in [0.05, 0.1) is 10.4 Å². The SMILES string of the molecule is CC1(C(=O)Nc2ccc(Cl)cn2)CCCNC1. The number of carbonyl (C=O) groups excluding carboxylic acids is 1. The fraction of sp³-hybridized carbons (Fsp3) is 0.500. The number of anilines is 1. The summed E-state index contributed by atoms with van der Waals surface area (Å²) in [5.74, 6) is 0.561. The molecule has 1 atom stereocenters. The summed E-state index contributed by atoms with van der Waals surface area (Å²) in [4.78, 5) is 16.2. The first-order chi connectivity index (χ1) is 8.10. The van der Waals surface area contributed by atoms with Gasteiger partial charge in [-0.1, -0.05) is 11.6 Å². The molecule has 2 rings (SSSR count). The molecule has 1 fully saturated rings. The number of rotatable bonds is 2. The highest BCUT2D eigenvalue weighted by Gasteiger charge is 2.34. The Balaban J connectivity index is 2.03. The Kier molecular flexibility index (Phi) is 3.64. The van der Waals surface area contributed by atoms with Crippen molar-refractivity contribution >= 4 is 23.3 Å². The number of amides is 1. The normalized spacial score (nSPS) is 24.4. The molecule has 1 aromatic rings. The van der Waals surface area contributed by atoms with Crippen LogP contribution in [-0.2, 0) is 4.79 Å². The van der Waals surface area contributed by atoms with Gasteiger partial charge < -0.3 is 10.6 Å². The molecule has 2 heterocycles. The van der Waals surface area contributed by atoms with Crippen LogP contribution in [-0.4, -0.2) is 24.0 Å². The molecule has 92 valence electrons. The van der Waals surface area contributed by atoms with Crippen LogP contribution in [0.5, 0.6) is 0 Å².